The van der Waals surface area contributed by atoms with E-state index < -0.39 is 48.3 Å². The lowest BCUT2D eigenvalue weighted by Crippen LogP contribution is -2.36. The van der Waals surface area contributed by atoms with Crippen molar-refractivity contribution in [3.8, 4) is 33.8 Å². The second kappa shape index (κ2) is 12.5. The fourth-order valence-electron chi connectivity index (χ4n) is 4.03. The number of nitrogens with one attached hydrogen (secondary N) is 2. The first-order valence-corrected chi connectivity index (χ1v) is 12.6. The van der Waals surface area contributed by atoms with Crippen LogP contribution < -0.4 is 10.6 Å². The average Bonchev–Trinajstić information content (AvgIpc) is 3.02. The second-order valence-corrected chi connectivity index (χ2v) is 8.93. The summed E-state index contributed by atoms with van der Waals surface area (Å²) in [6.45, 7) is -1.44. The summed E-state index contributed by atoms with van der Waals surface area (Å²) < 4.78 is 4.58. The van der Waals surface area contributed by atoms with E-state index in [1.54, 1.807) is 12.4 Å². The lowest BCUT2D eigenvalue weighted by molar-refractivity contribution is -0.158. The third-order valence-electron chi connectivity index (χ3n) is 6.05. The Bertz CT molecular complexity index is 1860. The van der Waals surface area contributed by atoms with Crippen LogP contribution in [0, 0.1) is 0 Å². The second-order valence-electron chi connectivity index (χ2n) is 8.93. The van der Waals surface area contributed by atoms with Crippen molar-refractivity contribution in [1.82, 2.24) is 35.6 Å². The monoisotopic (exact) mass is 579 g/mol. The number of esters is 2. The highest BCUT2D eigenvalue weighted by atomic mass is 16.6. The molecule has 214 valence electrons. The van der Waals surface area contributed by atoms with Crippen LogP contribution in [0.15, 0.2) is 79.9 Å². The van der Waals surface area contributed by atoms with Gasteiger partial charge in [0.1, 0.15) is 30.9 Å². The predicted molar refractivity (Wildman–Crippen MR) is 149 cm³/mol. The Morgan fingerprint density at radius 3 is 1.88 bits per heavy atom. The van der Waals surface area contributed by atoms with Crippen molar-refractivity contribution < 1.29 is 34.1 Å². The molecular weight excluding hydrogens is 558 g/mol. The smallest absolute Gasteiger partial charge is 0.333 e. The maximum atomic E-state index is 12.5. The lowest BCUT2D eigenvalue weighted by atomic mass is 10.0. The molecule has 5 aromatic rings. The molecule has 0 aliphatic rings. The highest BCUT2D eigenvalue weighted by Crippen LogP contribution is 2.30. The molecule has 0 saturated heterocycles. The number of benzene rings is 1. The first-order valence-electron chi connectivity index (χ1n) is 12.6. The van der Waals surface area contributed by atoms with Gasteiger partial charge < -0.3 is 25.6 Å². The molecule has 43 heavy (non-hydrogen) atoms. The molecule has 0 unspecified atom stereocenters. The fraction of sp³-hybridized carbons (Fsp3) is 0.0690. The molecule has 14 heteroatoms. The third kappa shape index (κ3) is 6.54. The highest BCUT2D eigenvalue weighted by Gasteiger charge is 2.20. The maximum absolute atomic E-state index is 12.5. The van der Waals surface area contributed by atoms with Crippen molar-refractivity contribution in [2.24, 2.45) is 0 Å². The number of fused-ring (bicyclic) bond motifs is 1. The minimum Gasteiger partial charge on any atom is -0.505 e. The van der Waals surface area contributed by atoms with Crippen LogP contribution in [-0.4, -0.2) is 72.0 Å². The number of aromatic hydroxyl groups is 2. The number of carbonyl (C=O) groups excluding carboxylic acids is 4. The molecule has 14 nitrogen and oxygen atoms in total. The van der Waals surface area contributed by atoms with Crippen molar-refractivity contribution in [3.63, 3.8) is 0 Å². The Morgan fingerprint density at radius 1 is 0.674 bits per heavy atom. The summed E-state index contributed by atoms with van der Waals surface area (Å²) in [7, 11) is 0. The van der Waals surface area contributed by atoms with Gasteiger partial charge in [-0.25, -0.2) is 29.5 Å². The molecule has 0 saturated carbocycles. The van der Waals surface area contributed by atoms with Gasteiger partial charge >= 0.3 is 11.9 Å². The van der Waals surface area contributed by atoms with Gasteiger partial charge in [0.2, 0.25) is 0 Å². The molecule has 1 aromatic carbocycles. The summed E-state index contributed by atoms with van der Waals surface area (Å²) in [5.41, 5.74) is 1.54. The van der Waals surface area contributed by atoms with Gasteiger partial charge in [-0.05, 0) is 17.5 Å². The Balaban J connectivity index is 1.11. The van der Waals surface area contributed by atoms with Crippen LogP contribution in [0.25, 0.3) is 33.0 Å². The van der Waals surface area contributed by atoms with Gasteiger partial charge in [-0.2, -0.15) is 0 Å². The number of amides is 2. The summed E-state index contributed by atoms with van der Waals surface area (Å²) in [6, 6.07) is 10.2. The van der Waals surface area contributed by atoms with E-state index in [4.69, 9.17) is 0 Å². The van der Waals surface area contributed by atoms with Crippen LogP contribution in [-0.2, 0) is 14.3 Å². The predicted octanol–water partition coefficient (Wildman–Crippen LogP) is 1.79. The number of rotatable bonds is 8. The van der Waals surface area contributed by atoms with Crippen LogP contribution >= 0.6 is 0 Å². The van der Waals surface area contributed by atoms with Crippen LogP contribution in [0.1, 0.15) is 21.0 Å². The molecule has 0 atom stereocenters. The maximum Gasteiger partial charge on any atom is 0.333 e. The van der Waals surface area contributed by atoms with Crippen molar-refractivity contribution in [2.45, 2.75) is 0 Å². The van der Waals surface area contributed by atoms with Crippen molar-refractivity contribution >= 4 is 34.5 Å². The summed E-state index contributed by atoms with van der Waals surface area (Å²) in [5, 5.41) is 26.8. The van der Waals surface area contributed by atoms with E-state index in [-0.39, 0.29) is 11.4 Å². The van der Waals surface area contributed by atoms with Gasteiger partial charge in [-0.3, -0.25) is 14.6 Å². The van der Waals surface area contributed by atoms with E-state index in [9.17, 15) is 29.4 Å². The zero-order valence-corrected chi connectivity index (χ0v) is 22.1. The quantitative estimate of drug-likeness (QED) is 0.153. The average molecular weight is 580 g/mol. The molecule has 4 heterocycles. The molecule has 0 fully saturated rings. The minimum absolute atomic E-state index is 0.346. The molecule has 0 spiro atoms. The summed E-state index contributed by atoms with van der Waals surface area (Å²) in [4.78, 5) is 68.8. The van der Waals surface area contributed by atoms with E-state index in [0.29, 0.717) is 22.3 Å². The van der Waals surface area contributed by atoms with Crippen LogP contribution in [0.2, 0.25) is 0 Å². The molecule has 0 radical (unpaired) electrons. The number of nitrogens with zero attached hydrogens (tertiary/aromatic N) is 5. The van der Waals surface area contributed by atoms with Gasteiger partial charge in [0.25, 0.3) is 11.8 Å². The lowest BCUT2D eigenvalue weighted by Gasteiger charge is -2.10. The summed E-state index contributed by atoms with van der Waals surface area (Å²) in [5.74, 6) is -4.91. The summed E-state index contributed by atoms with van der Waals surface area (Å²) >= 11 is 0. The highest BCUT2D eigenvalue weighted by molar-refractivity contribution is 6.00. The number of ether oxygens (including phenoxy) is 1. The number of carbonyl (C=O) groups is 4. The molecule has 4 aromatic heterocycles. The Morgan fingerprint density at radius 2 is 1.26 bits per heavy atom. The van der Waals surface area contributed by atoms with Crippen LogP contribution in [0.5, 0.6) is 11.5 Å². The van der Waals surface area contributed by atoms with Crippen molar-refractivity contribution in [3.05, 3.63) is 91.3 Å². The van der Waals surface area contributed by atoms with E-state index in [0.717, 1.165) is 10.8 Å². The molecule has 0 aliphatic carbocycles. The zero-order valence-electron chi connectivity index (χ0n) is 22.1. The van der Waals surface area contributed by atoms with Gasteiger partial charge in [-0.15, -0.1) is 0 Å². The van der Waals surface area contributed by atoms with E-state index in [1.165, 1.54) is 43.2 Å². The fourth-order valence-corrected chi connectivity index (χ4v) is 4.03. The van der Waals surface area contributed by atoms with Crippen LogP contribution in [0.4, 0.5) is 0 Å². The molecular formula is C29H21N7O7. The van der Waals surface area contributed by atoms with Crippen molar-refractivity contribution in [1.29, 1.82) is 0 Å². The topological polar surface area (TPSA) is 206 Å². The van der Waals surface area contributed by atoms with E-state index >= 15 is 0 Å². The molecule has 0 aliphatic heterocycles. The van der Waals surface area contributed by atoms with E-state index in [2.05, 4.69) is 40.3 Å². The largest absolute Gasteiger partial charge is 0.505 e. The first kappa shape index (κ1) is 28.2. The number of hydrogen-bond donors (Lipinski definition) is 4. The minimum atomic E-state index is -1.13. The van der Waals surface area contributed by atoms with Crippen molar-refractivity contribution in [2.75, 3.05) is 13.1 Å². The van der Waals surface area contributed by atoms with Gasteiger partial charge in [0, 0.05) is 64.8 Å². The third-order valence-corrected chi connectivity index (χ3v) is 6.05. The molecule has 5 rings (SSSR count). The molecule has 0 bridgehead atoms. The van der Waals surface area contributed by atoms with Gasteiger partial charge in [0.05, 0.1) is 0 Å². The van der Waals surface area contributed by atoms with Gasteiger partial charge in [-0.1, -0.05) is 24.3 Å². The summed E-state index contributed by atoms with van der Waals surface area (Å²) in [6.07, 6.45) is 10.4. The number of aromatic nitrogens is 5. The molecule has 4 N–H and O–H groups in total. The molecule has 2 amide bonds. The standard InChI is InChI=1S/C29H21N7O7/c37-22-5-17(19-8-31-15-32-9-19)10-33-26(22)28(41)35-13-24(39)43-25(40)14-36-29(42)27-23(38)6-18(11-34-27)21-12-30-7-16-3-1-2-4-20(16)21/h1-12,15,37-38H,13-14H2,(H,35,41)(H,36,42). The number of hydrogen-bond acceptors (Lipinski definition) is 12. The Labute approximate surface area is 242 Å². The first-order chi connectivity index (χ1) is 20.8. The Hall–Kier alpha value is -6.31. The van der Waals surface area contributed by atoms with Crippen LogP contribution in [0.3, 0.4) is 0 Å². The SMILES string of the molecule is O=C(CNC(=O)c1ncc(-c2cncnc2)cc1O)OC(=O)CNC(=O)c1ncc(-c2cncc3ccccc23)cc1O. The normalized spacial score (nSPS) is 10.6. The number of pyridine rings is 3. The Kier molecular flexibility index (Phi) is 8.19. The zero-order chi connectivity index (χ0) is 30.3. The van der Waals surface area contributed by atoms with Gasteiger partial charge in [0.15, 0.2) is 11.4 Å². The van der Waals surface area contributed by atoms with E-state index in [1.807, 2.05) is 24.3 Å².